The van der Waals surface area contributed by atoms with E-state index in [1.165, 1.54) is 4.90 Å². The SMILES string of the molecule is CSCC[C@H](N)C(=O)N1CCOCC1C(N)=O. The van der Waals surface area contributed by atoms with E-state index < -0.39 is 18.0 Å². The Morgan fingerprint density at radius 2 is 2.29 bits per heavy atom. The summed E-state index contributed by atoms with van der Waals surface area (Å²) in [5.41, 5.74) is 11.0. The van der Waals surface area contributed by atoms with Gasteiger partial charge in [-0.1, -0.05) is 0 Å². The van der Waals surface area contributed by atoms with Gasteiger partial charge in [-0.15, -0.1) is 0 Å². The summed E-state index contributed by atoms with van der Waals surface area (Å²) < 4.78 is 5.15. The smallest absolute Gasteiger partial charge is 0.242 e. The third kappa shape index (κ3) is 3.86. The molecule has 1 heterocycles. The number of ether oxygens (including phenoxy) is 1. The molecule has 2 atom stereocenters. The Morgan fingerprint density at radius 3 is 2.88 bits per heavy atom. The number of hydrogen-bond acceptors (Lipinski definition) is 5. The molecule has 0 bridgehead atoms. The van der Waals surface area contributed by atoms with Crippen LogP contribution < -0.4 is 11.5 Å². The van der Waals surface area contributed by atoms with Crippen molar-refractivity contribution in [3.8, 4) is 0 Å². The topological polar surface area (TPSA) is 98.7 Å². The second-order valence-corrected chi connectivity index (χ2v) is 4.90. The van der Waals surface area contributed by atoms with Crippen LogP contribution in [0.5, 0.6) is 0 Å². The molecule has 0 radical (unpaired) electrons. The van der Waals surface area contributed by atoms with Crippen molar-refractivity contribution in [3.05, 3.63) is 0 Å². The predicted molar refractivity (Wildman–Crippen MR) is 66.5 cm³/mol. The molecular formula is C10H19N3O3S. The van der Waals surface area contributed by atoms with E-state index in [4.69, 9.17) is 16.2 Å². The fraction of sp³-hybridized carbons (Fsp3) is 0.800. The molecule has 17 heavy (non-hydrogen) atoms. The molecule has 1 fully saturated rings. The molecule has 98 valence electrons. The van der Waals surface area contributed by atoms with Crippen molar-refractivity contribution < 1.29 is 14.3 Å². The first-order valence-electron chi connectivity index (χ1n) is 5.50. The number of primary amides is 1. The van der Waals surface area contributed by atoms with E-state index in [1.54, 1.807) is 11.8 Å². The van der Waals surface area contributed by atoms with E-state index in [-0.39, 0.29) is 12.5 Å². The van der Waals surface area contributed by atoms with E-state index >= 15 is 0 Å². The maximum Gasteiger partial charge on any atom is 0.242 e. The zero-order valence-corrected chi connectivity index (χ0v) is 10.7. The zero-order chi connectivity index (χ0) is 12.8. The molecule has 0 aromatic carbocycles. The highest BCUT2D eigenvalue weighted by Crippen LogP contribution is 2.10. The van der Waals surface area contributed by atoms with Crippen molar-refractivity contribution in [2.24, 2.45) is 11.5 Å². The molecule has 0 aromatic rings. The number of thioether (sulfide) groups is 1. The Hall–Kier alpha value is -0.790. The minimum absolute atomic E-state index is 0.163. The van der Waals surface area contributed by atoms with Gasteiger partial charge in [0.1, 0.15) is 6.04 Å². The molecule has 1 saturated heterocycles. The molecule has 1 aliphatic heterocycles. The minimum Gasteiger partial charge on any atom is -0.377 e. The molecule has 0 saturated carbocycles. The van der Waals surface area contributed by atoms with Gasteiger partial charge < -0.3 is 21.1 Å². The Kier molecular flexibility index (Phi) is 5.73. The van der Waals surface area contributed by atoms with Crippen molar-refractivity contribution in [1.82, 2.24) is 4.90 Å². The van der Waals surface area contributed by atoms with E-state index in [9.17, 15) is 9.59 Å². The maximum atomic E-state index is 12.0. The van der Waals surface area contributed by atoms with Gasteiger partial charge >= 0.3 is 0 Å². The summed E-state index contributed by atoms with van der Waals surface area (Å²) in [6, 6.07) is -1.25. The van der Waals surface area contributed by atoms with E-state index in [0.29, 0.717) is 19.6 Å². The van der Waals surface area contributed by atoms with E-state index in [1.807, 2.05) is 6.26 Å². The molecule has 7 heteroatoms. The molecule has 1 rings (SSSR count). The molecule has 6 nitrogen and oxygen atoms in total. The fourth-order valence-corrected chi connectivity index (χ4v) is 2.17. The van der Waals surface area contributed by atoms with Gasteiger partial charge in [0, 0.05) is 6.54 Å². The summed E-state index contributed by atoms with van der Waals surface area (Å²) in [4.78, 5) is 24.7. The summed E-state index contributed by atoms with van der Waals surface area (Å²) >= 11 is 1.63. The van der Waals surface area contributed by atoms with E-state index in [2.05, 4.69) is 0 Å². The van der Waals surface area contributed by atoms with Crippen LogP contribution in [0.4, 0.5) is 0 Å². The second kappa shape index (κ2) is 6.83. The quantitative estimate of drug-likeness (QED) is 0.646. The molecule has 0 aromatic heterocycles. The first-order valence-corrected chi connectivity index (χ1v) is 6.89. The van der Waals surface area contributed by atoms with E-state index in [0.717, 1.165) is 5.75 Å². The van der Waals surface area contributed by atoms with Crippen LogP contribution >= 0.6 is 11.8 Å². The first kappa shape index (κ1) is 14.3. The molecule has 2 amide bonds. The summed E-state index contributed by atoms with van der Waals surface area (Å²) in [6.45, 7) is 0.959. The minimum atomic E-state index is -0.684. The van der Waals surface area contributed by atoms with Gasteiger partial charge in [0.05, 0.1) is 19.3 Å². The molecular weight excluding hydrogens is 242 g/mol. The van der Waals surface area contributed by atoms with Crippen LogP contribution in [0.1, 0.15) is 6.42 Å². The third-order valence-corrected chi connectivity index (χ3v) is 3.33. The number of nitrogens with zero attached hydrogens (tertiary/aromatic N) is 1. The summed E-state index contributed by atoms with van der Waals surface area (Å²) in [5, 5.41) is 0. The van der Waals surface area contributed by atoms with Crippen molar-refractivity contribution >= 4 is 23.6 Å². The summed E-state index contributed by atoms with van der Waals surface area (Å²) in [5.74, 6) is 0.0552. The summed E-state index contributed by atoms with van der Waals surface area (Å²) in [6.07, 6.45) is 2.56. The van der Waals surface area contributed by atoms with Crippen molar-refractivity contribution in [3.63, 3.8) is 0 Å². The number of hydrogen-bond donors (Lipinski definition) is 2. The van der Waals surface area contributed by atoms with Crippen LogP contribution in [0.2, 0.25) is 0 Å². The normalized spacial score (nSPS) is 22.2. The lowest BCUT2D eigenvalue weighted by atomic mass is 10.1. The van der Waals surface area contributed by atoms with Crippen molar-refractivity contribution in [2.75, 3.05) is 31.8 Å². The lowest BCUT2D eigenvalue weighted by Gasteiger charge is -2.35. The lowest BCUT2D eigenvalue weighted by Crippen LogP contribution is -2.58. The van der Waals surface area contributed by atoms with Gasteiger partial charge in [0.15, 0.2) is 0 Å². The van der Waals surface area contributed by atoms with Crippen LogP contribution in [-0.4, -0.2) is 60.6 Å². The number of rotatable bonds is 5. The van der Waals surface area contributed by atoms with Gasteiger partial charge in [-0.2, -0.15) is 11.8 Å². The first-order chi connectivity index (χ1) is 8.07. The third-order valence-electron chi connectivity index (χ3n) is 2.69. The molecule has 4 N–H and O–H groups in total. The Bertz CT molecular complexity index is 288. The second-order valence-electron chi connectivity index (χ2n) is 3.91. The van der Waals surface area contributed by atoms with Gasteiger partial charge in [-0.3, -0.25) is 9.59 Å². The number of carbonyl (C=O) groups excluding carboxylic acids is 2. The average Bonchev–Trinajstić information content (AvgIpc) is 2.34. The van der Waals surface area contributed by atoms with Crippen LogP contribution in [0, 0.1) is 0 Å². The highest BCUT2D eigenvalue weighted by Gasteiger charge is 2.33. The van der Waals surface area contributed by atoms with Crippen LogP contribution in [0.3, 0.4) is 0 Å². The standard InChI is InChI=1S/C10H19N3O3S/c1-17-5-2-7(11)10(15)13-3-4-16-6-8(13)9(12)14/h7-8H,2-6,11H2,1H3,(H2,12,14)/t7-,8?/m0/s1. The fourth-order valence-electron chi connectivity index (χ4n) is 1.68. The predicted octanol–water partition coefficient (Wildman–Crippen LogP) is -1.22. The number of nitrogens with two attached hydrogens (primary N) is 2. The molecule has 1 aliphatic rings. The van der Waals surface area contributed by atoms with Crippen LogP contribution in [0.25, 0.3) is 0 Å². The molecule has 0 spiro atoms. The van der Waals surface area contributed by atoms with Crippen molar-refractivity contribution in [2.45, 2.75) is 18.5 Å². The van der Waals surface area contributed by atoms with Crippen LogP contribution in [0.15, 0.2) is 0 Å². The molecule has 0 aliphatic carbocycles. The van der Waals surface area contributed by atoms with Gasteiger partial charge in [0.2, 0.25) is 11.8 Å². The van der Waals surface area contributed by atoms with Gasteiger partial charge in [0.25, 0.3) is 0 Å². The van der Waals surface area contributed by atoms with Crippen molar-refractivity contribution in [1.29, 1.82) is 0 Å². The largest absolute Gasteiger partial charge is 0.377 e. The summed E-state index contributed by atoms with van der Waals surface area (Å²) in [7, 11) is 0. The number of amides is 2. The highest BCUT2D eigenvalue weighted by atomic mass is 32.2. The maximum absolute atomic E-state index is 12.0. The average molecular weight is 261 g/mol. The number of carbonyl (C=O) groups is 2. The lowest BCUT2D eigenvalue weighted by molar-refractivity contribution is -0.148. The monoisotopic (exact) mass is 261 g/mol. The Balaban J connectivity index is 2.61. The highest BCUT2D eigenvalue weighted by molar-refractivity contribution is 7.98. The zero-order valence-electron chi connectivity index (χ0n) is 9.93. The van der Waals surface area contributed by atoms with Gasteiger partial charge in [-0.25, -0.2) is 0 Å². The van der Waals surface area contributed by atoms with Gasteiger partial charge in [-0.05, 0) is 18.4 Å². The van der Waals surface area contributed by atoms with Crippen LogP contribution in [-0.2, 0) is 14.3 Å². The molecule has 1 unspecified atom stereocenters. The Morgan fingerprint density at radius 1 is 1.59 bits per heavy atom. The Labute approximate surface area is 105 Å². The number of morpholine rings is 1.